The lowest BCUT2D eigenvalue weighted by molar-refractivity contribution is 0.0849. The predicted molar refractivity (Wildman–Crippen MR) is 106 cm³/mol. The van der Waals surface area contributed by atoms with E-state index in [2.05, 4.69) is 15.8 Å². The van der Waals surface area contributed by atoms with E-state index < -0.39 is 11.8 Å². The molecule has 0 aliphatic heterocycles. The monoisotopic (exact) mass is 391 g/mol. The van der Waals surface area contributed by atoms with E-state index >= 15 is 0 Å². The van der Waals surface area contributed by atoms with Gasteiger partial charge >= 0.3 is 0 Å². The Balaban J connectivity index is 1.46. The Morgan fingerprint density at radius 3 is 2.43 bits per heavy atom. The molecule has 0 aliphatic carbocycles. The van der Waals surface area contributed by atoms with Crippen LogP contribution in [0.15, 0.2) is 72.9 Å². The number of rotatable bonds is 3. The van der Waals surface area contributed by atoms with Crippen LogP contribution in [0, 0.1) is 5.82 Å². The van der Waals surface area contributed by atoms with Crippen molar-refractivity contribution in [2.45, 2.75) is 0 Å². The molecule has 4 rings (SSSR count). The first kappa shape index (κ1) is 17.8. The van der Waals surface area contributed by atoms with Crippen LogP contribution in [0.2, 0.25) is 0 Å². The van der Waals surface area contributed by atoms with Crippen molar-refractivity contribution >= 4 is 34.1 Å². The van der Waals surface area contributed by atoms with Gasteiger partial charge in [0.2, 0.25) is 0 Å². The second kappa shape index (κ2) is 7.58. The molecule has 0 fully saturated rings. The van der Waals surface area contributed by atoms with Gasteiger partial charge in [0.05, 0.1) is 16.0 Å². The highest BCUT2D eigenvalue weighted by atomic mass is 32.1. The van der Waals surface area contributed by atoms with Gasteiger partial charge in [-0.25, -0.2) is 4.39 Å². The lowest BCUT2D eigenvalue weighted by Crippen LogP contribution is -2.41. The first-order chi connectivity index (χ1) is 13.6. The van der Waals surface area contributed by atoms with E-state index in [0.29, 0.717) is 16.0 Å². The van der Waals surface area contributed by atoms with Crippen LogP contribution < -0.4 is 10.9 Å². The number of halogens is 1. The molecule has 2 aromatic carbocycles. The molecule has 2 heterocycles. The number of nitrogens with one attached hydrogen (secondary N) is 2. The van der Waals surface area contributed by atoms with E-state index in [9.17, 15) is 14.0 Å². The Kier molecular flexibility index (Phi) is 4.82. The average molecular weight is 391 g/mol. The van der Waals surface area contributed by atoms with Gasteiger partial charge in [-0.2, -0.15) is 0 Å². The number of benzene rings is 2. The second-order valence-electron chi connectivity index (χ2n) is 5.96. The fourth-order valence-electron chi connectivity index (χ4n) is 2.76. The van der Waals surface area contributed by atoms with E-state index in [1.807, 2.05) is 12.1 Å². The second-order valence-corrected chi connectivity index (χ2v) is 7.04. The lowest BCUT2D eigenvalue weighted by Gasteiger charge is -2.08. The number of thiophene rings is 1. The van der Waals surface area contributed by atoms with Gasteiger partial charge < -0.3 is 0 Å². The molecule has 2 aromatic heterocycles. The summed E-state index contributed by atoms with van der Waals surface area (Å²) in [6.07, 6.45) is 1.61. The van der Waals surface area contributed by atoms with E-state index in [1.54, 1.807) is 48.7 Å². The van der Waals surface area contributed by atoms with Crippen molar-refractivity contribution in [3.63, 3.8) is 0 Å². The Morgan fingerprint density at radius 1 is 0.857 bits per heavy atom. The Hall–Kier alpha value is -3.58. The molecular weight excluding hydrogens is 377 g/mol. The van der Waals surface area contributed by atoms with Crippen LogP contribution in [0.3, 0.4) is 0 Å². The Bertz CT molecular complexity index is 1170. The third-order valence-corrected chi connectivity index (χ3v) is 5.26. The van der Waals surface area contributed by atoms with Crippen LogP contribution in [0.5, 0.6) is 0 Å². The SMILES string of the molecule is O=C(NNC(=O)c1cccc2cccnc12)c1ccc(-c2ccc(F)cc2)s1. The van der Waals surface area contributed by atoms with Gasteiger partial charge in [-0.3, -0.25) is 25.4 Å². The zero-order valence-corrected chi connectivity index (χ0v) is 15.3. The molecule has 7 heteroatoms. The van der Waals surface area contributed by atoms with E-state index in [1.165, 1.54) is 23.5 Å². The van der Waals surface area contributed by atoms with E-state index in [4.69, 9.17) is 0 Å². The number of hydrogen-bond acceptors (Lipinski definition) is 4. The molecule has 138 valence electrons. The number of carbonyl (C=O) groups excluding carboxylic acids is 2. The number of nitrogens with zero attached hydrogens (tertiary/aromatic N) is 1. The molecule has 4 aromatic rings. The number of hydrazine groups is 1. The van der Waals surface area contributed by atoms with E-state index in [0.717, 1.165) is 15.8 Å². The molecule has 0 bridgehead atoms. The van der Waals surface area contributed by atoms with Crippen LogP contribution in [-0.2, 0) is 0 Å². The molecule has 0 radical (unpaired) electrons. The molecule has 0 saturated carbocycles. The fraction of sp³-hybridized carbons (Fsp3) is 0. The largest absolute Gasteiger partial charge is 0.279 e. The van der Waals surface area contributed by atoms with Gasteiger partial charge in [0.1, 0.15) is 5.82 Å². The first-order valence-corrected chi connectivity index (χ1v) is 9.24. The number of hydrogen-bond donors (Lipinski definition) is 2. The quantitative estimate of drug-likeness (QED) is 0.515. The topological polar surface area (TPSA) is 71.1 Å². The van der Waals surface area contributed by atoms with Crippen molar-refractivity contribution in [3.05, 3.63) is 89.2 Å². The van der Waals surface area contributed by atoms with Crippen molar-refractivity contribution in [2.24, 2.45) is 0 Å². The number of amides is 2. The third-order valence-electron chi connectivity index (χ3n) is 4.13. The van der Waals surface area contributed by atoms with Crippen molar-refractivity contribution in [2.75, 3.05) is 0 Å². The van der Waals surface area contributed by atoms with Gasteiger partial charge in [-0.15, -0.1) is 11.3 Å². The lowest BCUT2D eigenvalue weighted by atomic mass is 10.1. The highest BCUT2D eigenvalue weighted by Crippen LogP contribution is 2.28. The maximum Gasteiger partial charge on any atom is 0.279 e. The van der Waals surface area contributed by atoms with Crippen LogP contribution in [-0.4, -0.2) is 16.8 Å². The van der Waals surface area contributed by atoms with Crippen molar-refractivity contribution in [1.82, 2.24) is 15.8 Å². The molecule has 0 saturated heterocycles. The molecule has 2 amide bonds. The molecule has 28 heavy (non-hydrogen) atoms. The highest BCUT2D eigenvalue weighted by molar-refractivity contribution is 7.17. The maximum absolute atomic E-state index is 13.0. The molecule has 2 N–H and O–H groups in total. The number of aromatic nitrogens is 1. The summed E-state index contributed by atoms with van der Waals surface area (Å²) in [7, 11) is 0. The summed E-state index contributed by atoms with van der Waals surface area (Å²) < 4.78 is 13.0. The molecule has 0 atom stereocenters. The zero-order chi connectivity index (χ0) is 19.5. The summed E-state index contributed by atoms with van der Waals surface area (Å²) in [6, 6.07) is 18.4. The number of carbonyl (C=O) groups is 2. The number of pyridine rings is 1. The van der Waals surface area contributed by atoms with Gasteiger partial charge in [0, 0.05) is 16.5 Å². The third kappa shape index (κ3) is 3.60. The Labute approximate surface area is 163 Å². The molecule has 0 aliphatic rings. The highest BCUT2D eigenvalue weighted by Gasteiger charge is 2.14. The van der Waals surface area contributed by atoms with Crippen LogP contribution in [0.1, 0.15) is 20.0 Å². The summed E-state index contributed by atoms with van der Waals surface area (Å²) >= 11 is 1.25. The van der Waals surface area contributed by atoms with Crippen LogP contribution >= 0.6 is 11.3 Å². The van der Waals surface area contributed by atoms with Gasteiger partial charge in [-0.1, -0.05) is 30.3 Å². The van der Waals surface area contributed by atoms with Gasteiger partial charge in [0.25, 0.3) is 11.8 Å². The Morgan fingerprint density at radius 2 is 1.61 bits per heavy atom. The summed E-state index contributed by atoms with van der Waals surface area (Å²) in [4.78, 5) is 30.3. The van der Waals surface area contributed by atoms with Crippen LogP contribution in [0.4, 0.5) is 4.39 Å². The first-order valence-electron chi connectivity index (χ1n) is 8.42. The minimum absolute atomic E-state index is 0.316. The molecule has 5 nitrogen and oxygen atoms in total. The number of fused-ring (bicyclic) bond motifs is 1. The maximum atomic E-state index is 13.0. The molecule has 0 spiro atoms. The fourth-order valence-corrected chi connectivity index (χ4v) is 3.67. The van der Waals surface area contributed by atoms with Crippen molar-refractivity contribution in [1.29, 1.82) is 0 Å². The van der Waals surface area contributed by atoms with Crippen molar-refractivity contribution in [3.8, 4) is 10.4 Å². The summed E-state index contributed by atoms with van der Waals surface area (Å²) in [5.74, 6) is -1.20. The average Bonchev–Trinajstić information content (AvgIpc) is 3.22. The summed E-state index contributed by atoms with van der Waals surface area (Å²) in [5, 5.41) is 0.837. The smallest absolute Gasteiger partial charge is 0.267 e. The molecular formula is C21H14FN3O2S. The normalized spacial score (nSPS) is 10.6. The van der Waals surface area contributed by atoms with Crippen molar-refractivity contribution < 1.29 is 14.0 Å². The predicted octanol–water partition coefficient (Wildman–Crippen LogP) is 4.18. The summed E-state index contributed by atoms with van der Waals surface area (Å²) in [6.45, 7) is 0. The summed E-state index contributed by atoms with van der Waals surface area (Å²) in [5.41, 5.74) is 6.59. The standard InChI is InChI=1S/C21H14FN3O2S/c22-15-8-6-13(7-9-15)17-10-11-18(28-17)21(27)25-24-20(26)16-5-1-3-14-4-2-12-23-19(14)16/h1-12H,(H,24,26)(H,25,27). The van der Waals surface area contributed by atoms with Crippen LogP contribution in [0.25, 0.3) is 21.3 Å². The minimum atomic E-state index is -0.451. The van der Waals surface area contributed by atoms with Gasteiger partial charge in [0.15, 0.2) is 0 Å². The minimum Gasteiger partial charge on any atom is -0.267 e. The van der Waals surface area contributed by atoms with E-state index in [-0.39, 0.29) is 5.82 Å². The number of para-hydroxylation sites is 1. The molecule has 0 unspecified atom stereocenters. The zero-order valence-electron chi connectivity index (χ0n) is 14.5. The van der Waals surface area contributed by atoms with Gasteiger partial charge in [-0.05, 0) is 42.0 Å².